The van der Waals surface area contributed by atoms with Gasteiger partial charge in [-0.3, -0.25) is 14.8 Å². The smallest absolute Gasteiger partial charge is 0.404 e. The third kappa shape index (κ3) is 7.09. The molecular formula is C34H35N7O4. The highest BCUT2D eigenvalue weighted by molar-refractivity contribution is 6.06. The van der Waals surface area contributed by atoms with Gasteiger partial charge >= 0.3 is 12.1 Å². The van der Waals surface area contributed by atoms with Crippen molar-refractivity contribution in [1.82, 2.24) is 25.2 Å². The number of carboxylic acid groups (broad SMARTS) is 1. The van der Waals surface area contributed by atoms with Crippen molar-refractivity contribution in [3.05, 3.63) is 102 Å². The van der Waals surface area contributed by atoms with E-state index in [9.17, 15) is 14.4 Å². The molecule has 2 aromatic heterocycles. The lowest BCUT2D eigenvalue weighted by atomic mass is 9.88. The average Bonchev–Trinajstić information content (AvgIpc) is 3.50. The summed E-state index contributed by atoms with van der Waals surface area (Å²) >= 11 is 0. The molecule has 0 saturated heterocycles. The maximum Gasteiger partial charge on any atom is 0.404 e. The first-order chi connectivity index (χ1) is 21.9. The number of amides is 4. The van der Waals surface area contributed by atoms with Gasteiger partial charge in [0.25, 0.3) is 5.91 Å². The number of nitrogens with zero attached hydrogens (tertiary/aromatic N) is 5. The number of fused-ring (bicyclic) bond motifs is 2. The van der Waals surface area contributed by atoms with Crippen molar-refractivity contribution in [3.63, 3.8) is 0 Å². The van der Waals surface area contributed by atoms with Gasteiger partial charge in [0.1, 0.15) is 0 Å². The molecule has 1 atom stereocenters. The number of aromatic nitrogens is 2. The van der Waals surface area contributed by atoms with E-state index in [0.29, 0.717) is 38.3 Å². The predicted octanol–water partition coefficient (Wildman–Crippen LogP) is 5.73. The van der Waals surface area contributed by atoms with Crippen molar-refractivity contribution in [1.29, 1.82) is 0 Å². The van der Waals surface area contributed by atoms with Crippen LogP contribution in [0, 0.1) is 0 Å². The fourth-order valence-electron chi connectivity index (χ4n) is 5.84. The fourth-order valence-corrected chi connectivity index (χ4v) is 5.84. The van der Waals surface area contributed by atoms with Gasteiger partial charge in [-0.2, -0.15) is 5.10 Å². The molecule has 0 radical (unpaired) electrons. The summed E-state index contributed by atoms with van der Waals surface area (Å²) in [4.78, 5) is 47.7. The molecular weight excluding hydrogens is 570 g/mol. The van der Waals surface area contributed by atoms with Gasteiger partial charge in [0.2, 0.25) is 0 Å². The zero-order valence-electron chi connectivity index (χ0n) is 24.9. The van der Waals surface area contributed by atoms with E-state index in [1.54, 1.807) is 28.5 Å². The van der Waals surface area contributed by atoms with Crippen LogP contribution in [0.1, 0.15) is 60.3 Å². The Hall–Kier alpha value is -5.32. The third-order valence-electron chi connectivity index (χ3n) is 8.28. The minimum absolute atomic E-state index is 0.0488. The maximum atomic E-state index is 13.7. The molecule has 3 N–H and O–H groups in total. The van der Waals surface area contributed by atoms with Gasteiger partial charge in [0.05, 0.1) is 17.1 Å². The van der Waals surface area contributed by atoms with Gasteiger partial charge in [-0.25, -0.2) is 14.6 Å². The van der Waals surface area contributed by atoms with Crippen LogP contribution in [-0.4, -0.2) is 61.8 Å². The second kappa shape index (κ2) is 13.5. The molecule has 2 aliphatic heterocycles. The number of pyridine rings is 2. The van der Waals surface area contributed by atoms with Crippen LogP contribution in [0.2, 0.25) is 0 Å². The molecule has 4 aromatic rings. The van der Waals surface area contributed by atoms with Crippen molar-refractivity contribution in [3.8, 4) is 0 Å². The van der Waals surface area contributed by atoms with Gasteiger partial charge in [-0.15, -0.1) is 0 Å². The van der Waals surface area contributed by atoms with Crippen LogP contribution in [0.25, 0.3) is 10.9 Å². The highest BCUT2D eigenvalue weighted by Gasteiger charge is 2.33. The summed E-state index contributed by atoms with van der Waals surface area (Å²) in [7, 11) is 0. The zero-order valence-corrected chi connectivity index (χ0v) is 24.9. The van der Waals surface area contributed by atoms with E-state index in [0.717, 1.165) is 64.6 Å². The van der Waals surface area contributed by atoms with E-state index in [1.165, 1.54) is 0 Å². The molecule has 6 rings (SSSR count). The number of carbonyl (C=O) groups is 3. The number of nitrogens with one attached hydrogen (secondary N) is 2. The molecule has 0 spiro atoms. The third-order valence-corrected chi connectivity index (χ3v) is 8.28. The molecule has 0 fully saturated rings. The van der Waals surface area contributed by atoms with Crippen LogP contribution in [0.3, 0.4) is 0 Å². The largest absolute Gasteiger partial charge is 0.465 e. The summed E-state index contributed by atoms with van der Waals surface area (Å²) in [6.07, 6.45) is 7.93. The molecule has 0 saturated carbocycles. The first-order valence-electron chi connectivity index (χ1n) is 15.2. The zero-order chi connectivity index (χ0) is 31.2. The average molecular weight is 606 g/mol. The number of unbranched alkanes of at least 4 members (excludes halogenated alkanes) is 3. The lowest BCUT2D eigenvalue weighted by Gasteiger charge is -2.30. The van der Waals surface area contributed by atoms with Crippen LogP contribution in [0.5, 0.6) is 0 Å². The van der Waals surface area contributed by atoms with Gasteiger partial charge in [-0.05, 0) is 65.4 Å². The fraction of sp³-hybridized carbons (Fsp3) is 0.294. The molecule has 0 bridgehead atoms. The number of rotatable bonds is 10. The Morgan fingerprint density at radius 1 is 0.933 bits per heavy atom. The quantitative estimate of drug-likeness (QED) is 0.197. The highest BCUT2D eigenvalue weighted by atomic mass is 16.4. The van der Waals surface area contributed by atoms with Gasteiger partial charge in [-0.1, -0.05) is 43.2 Å². The molecule has 1 unspecified atom stereocenters. The summed E-state index contributed by atoms with van der Waals surface area (Å²) in [6.45, 7) is 1.96. The van der Waals surface area contributed by atoms with Crippen LogP contribution < -0.4 is 10.6 Å². The second-order valence-corrected chi connectivity index (χ2v) is 11.4. The lowest BCUT2D eigenvalue weighted by Crippen LogP contribution is -2.38. The highest BCUT2D eigenvalue weighted by Crippen LogP contribution is 2.31. The Kier molecular flexibility index (Phi) is 8.95. The van der Waals surface area contributed by atoms with Crippen molar-refractivity contribution in [2.24, 2.45) is 5.10 Å². The lowest BCUT2D eigenvalue weighted by molar-refractivity contribution is -0.133. The second-order valence-electron chi connectivity index (χ2n) is 11.4. The van der Waals surface area contributed by atoms with Crippen LogP contribution in [-0.2, 0) is 17.9 Å². The number of hydrazone groups is 1. The summed E-state index contributed by atoms with van der Waals surface area (Å²) < 4.78 is 0. The molecule has 0 aliphatic carbocycles. The first-order valence-corrected chi connectivity index (χ1v) is 15.2. The van der Waals surface area contributed by atoms with Crippen molar-refractivity contribution in [2.45, 2.75) is 51.1 Å². The maximum absolute atomic E-state index is 13.7. The number of urea groups is 1. The molecule has 4 heterocycles. The van der Waals surface area contributed by atoms with Crippen LogP contribution >= 0.6 is 0 Å². The number of hydrogen-bond acceptors (Lipinski definition) is 6. The Morgan fingerprint density at radius 3 is 2.58 bits per heavy atom. The topological polar surface area (TPSA) is 140 Å². The summed E-state index contributed by atoms with van der Waals surface area (Å²) in [5.41, 5.74) is 6.26. The summed E-state index contributed by atoms with van der Waals surface area (Å²) in [5, 5.41) is 21.5. The minimum Gasteiger partial charge on any atom is -0.465 e. The Balaban J connectivity index is 1.15. The molecule has 2 aromatic carbocycles. The van der Waals surface area contributed by atoms with Crippen LogP contribution in [0.4, 0.5) is 15.3 Å². The van der Waals surface area contributed by atoms with Crippen molar-refractivity contribution in [2.75, 3.05) is 18.4 Å². The molecule has 45 heavy (non-hydrogen) atoms. The molecule has 11 heteroatoms. The number of hydrogen-bond donors (Lipinski definition) is 3. The monoisotopic (exact) mass is 605 g/mol. The Bertz CT molecular complexity index is 1720. The van der Waals surface area contributed by atoms with E-state index in [-0.39, 0.29) is 11.9 Å². The Morgan fingerprint density at radius 2 is 1.76 bits per heavy atom. The molecule has 230 valence electrons. The number of benzene rings is 2. The predicted molar refractivity (Wildman–Crippen MR) is 171 cm³/mol. The molecule has 4 amide bonds. The number of anilines is 1. The SMILES string of the molecule is O=C(O)NCCCCCCN1N=C(c2ccc(NC(=O)N3Cc4ccncc4C3)cc2)CC(c2ccc3cccnc3c2)C1=O. The van der Waals surface area contributed by atoms with E-state index < -0.39 is 12.0 Å². The summed E-state index contributed by atoms with van der Waals surface area (Å²) in [6, 6.07) is 19.2. The van der Waals surface area contributed by atoms with Gasteiger partial charge in [0.15, 0.2) is 0 Å². The van der Waals surface area contributed by atoms with E-state index in [1.807, 2.05) is 60.7 Å². The van der Waals surface area contributed by atoms with Crippen molar-refractivity contribution >= 4 is 40.3 Å². The van der Waals surface area contributed by atoms with E-state index >= 15 is 0 Å². The Labute approximate surface area is 261 Å². The van der Waals surface area contributed by atoms with E-state index in [2.05, 4.69) is 20.6 Å². The van der Waals surface area contributed by atoms with E-state index in [4.69, 9.17) is 10.2 Å². The van der Waals surface area contributed by atoms with Gasteiger partial charge in [0, 0.05) is 62.3 Å². The van der Waals surface area contributed by atoms with Gasteiger partial charge < -0.3 is 20.6 Å². The standard InChI is InChI=1S/C34H35N7O4/c42-32-29(25-8-7-23-6-5-15-36-30(23)18-25)19-31(39-41(32)17-4-2-1-3-14-37-34(44)45)24-9-11-28(12-10-24)38-33(43)40-21-26-13-16-35-20-27(26)22-40/h5-13,15-16,18,20,29,37H,1-4,14,17,19,21-22H2,(H,38,43)(H,44,45). The minimum atomic E-state index is -1.02. The molecule has 11 nitrogen and oxygen atoms in total. The molecule has 2 aliphatic rings. The summed E-state index contributed by atoms with van der Waals surface area (Å²) in [5.74, 6) is -0.457. The van der Waals surface area contributed by atoms with Crippen molar-refractivity contribution < 1.29 is 19.5 Å². The first kappa shape index (κ1) is 29.7. The number of carbonyl (C=O) groups excluding carboxylic acids is 2. The normalized spacial score (nSPS) is 16.0. The van der Waals surface area contributed by atoms with Crippen LogP contribution in [0.15, 0.2) is 84.4 Å².